The highest BCUT2D eigenvalue weighted by Gasteiger charge is 2.34. The molecular weight excluding hydrogens is 530 g/mol. The Labute approximate surface area is 225 Å². The van der Waals surface area contributed by atoms with Crippen LogP contribution in [0, 0.1) is 5.92 Å². The van der Waals surface area contributed by atoms with Crippen LogP contribution in [0.25, 0.3) is 0 Å². The molecule has 2 aromatic rings. The summed E-state index contributed by atoms with van der Waals surface area (Å²) < 4.78 is 65.2. The van der Waals surface area contributed by atoms with Gasteiger partial charge in [0.25, 0.3) is 0 Å². The molecule has 2 aliphatic rings. The highest BCUT2D eigenvalue weighted by atomic mass is 32.2. The van der Waals surface area contributed by atoms with Crippen molar-refractivity contribution in [3.8, 4) is 11.5 Å². The summed E-state index contributed by atoms with van der Waals surface area (Å²) in [6.45, 7) is 1.93. The number of methoxy groups -OCH3 is 2. The molecule has 1 N–H and O–H groups in total. The lowest BCUT2D eigenvalue weighted by molar-refractivity contribution is -0.126. The average molecular weight is 566 g/mol. The van der Waals surface area contributed by atoms with E-state index >= 15 is 0 Å². The van der Waals surface area contributed by atoms with E-state index in [1.54, 1.807) is 30.3 Å². The van der Waals surface area contributed by atoms with Crippen molar-refractivity contribution in [3.05, 3.63) is 48.0 Å². The van der Waals surface area contributed by atoms with Crippen molar-refractivity contribution in [1.29, 1.82) is 0 Å². The van der Waals surface area contributed by atoms with Crippen LogP contribution in [-0.4, -0.2) is 78.3 Å². The topological polar surface area (TPSA) is 122 Å². The molecule has 4 rings (SSSR count). The van der Waals surface area contributed by atoms with Gasteiger partial charge in [0.2, 0.25) is 26.0 Å². The van der Waals surface area contributed by atoms with E-state index in [2.05, 4.69) is 5.32 Å². The molecule has 0 bridgehead atoms. The number of rotatable bonds is 10. The van der Waals surface area contributed by atoms with Crippen LogP contribution < -0.4 is 14.8 Å². The Morgan fingerprint density at radius 2 is 1.45 bits per heavy atom. The number of nitrogens with one attached hydrogen (secondary N) is 1. The van der Waals surface area contributed by atoms with Gasteiger partial charge in [-0.3, -0.25) is 4.79 Å². The summed E-state index contributed by atoms with van der Waals surface area (Å²) in [5.41, 5.74) is 0.909. The number of hydrogen-bond donors (Lipinski definition) is 1. The minimum atomic E-state index is -3.81. The lowest BCUT2D eigenvalue weighted by atomic mass is 9.99. The van der Waals surface area contributed by atoms with Crippen LogP contribution in [0.2, 0.25) is 0 Å². The third-order valence-corrected chi connectivity index (χ3v) is 10.9. The zero-order valence-electron chi connectivity index (χ0n) is 21.8. The number of carbonyl (C=O) groups excluding carboxylic acids is 1. The molecular formula is C26H35N3O7S2. The molecule has 12 heteroatoms. The zero-order chi connectivity index (χ0) is 27.3. The maximum atomic E-state index is 13.3. The van der Waals surface area contributed by atoms with E-state index in [1.807, 2.05) is 0 Å². The Bertz CT molecular complexity index is 1340. The summed E-state index contributed by atoms with van der Waals surface area (Å²) in [5.74, 6) is 0.115. The number of hydrogen-bond acceptors (Lipinski definition) is 7. The fourth-order valence-electron chi connectivity index (χ4n) is 4.88. The van der Waals surface area contributed by atoms with Gasteiger partial charge in [-0.05, 0) is 61.9 Å². The van der Waals surface area contributed by atoms with Crippen molar-refractivity contribution in [2.45, 2.75) is 41.9 Å². The van der Waals surface area contributed by atoms with Gasteiger partial charge in [-0.15, -0.1) is 0 Å². The summed E-state index contributed by atoms with van der Waals surface area (Å²) >= 11 is 0. The van der Waals surface area contributed by atoms with Crippen molar-refractivity contribution < 1.29 is 31.1 Å². The summed E-state index contributed by atoms with van der Waals surface area (Å²) in [7, 11) is -4.33. The number of piperidine rings is 1. The van der Waals surface area contributed by atoms with Crippen LogP contribution in [0.3, 0.4) is 0 Å². The van der Waals surface area contributed by atoms with Gasteiger partial charge in [-0.25, -0.2) is 16.8 Å². The smallest absolute Gasteiger partial charge is 0.243 e. The molecule has 0 unspecified atom stereocenters. The molecule has 0 spiro atoms. The van der Waals surface area contributed by atoms with Gasteiger partial charge in [0, 0.05) is 38.8 Å². The SMILES string of the molecule is COc1ccc(S(=O)(=O)N2CCC[C@@H](C(=O)NCCc3ccc(S(=O)(=O)N4CCCC4)cc3)C2)cc1OC. The molecule has 2 aromatic carbocycles. The van der Waals surface area contributed by atoms with Gasteiger partial charge in [-0.2, -0.15) is 8.61 Å². The lowest BCUT2D eigenvalue weighted by Gasteiger charge is -2.31. The van der Waals surface area contributed by atoms with Crippen LogP contribution in [0.1, 0.15) is 31.2 Å². The number of carbonyl (C=O) groups is 1. The molecule has 10 nitrogen and oxygen atoms in total. The minimum Gasteiger partial charge on any atom is -0.493 e. The molecule has 38 heavy (non-hydrogen) atoms. The maximum absolute atomic E-state index is 13.3. The Kier molecular flexibility index (Phi) is 8.96. The predicted octanol–water partition coefficient (Wildman–Crippen LogP) is 2.25. The van der Waals surface area contributed by atoms with Crippen molar-refractivity contribution >= 4 is 26.0 Å². The van der Waals surface area contributed by atoms with Gasteiger partial charge in [0.05, 0.1) is 29.9 Å². The normalized spacial score (nSPS) is 19.3. The van der Waals surface area contributed by atoms with E-state index in [-0.39, 0.29) is 22.2 Å². The fraction of sp³-hybridized carbons (Fsp3) is 0.500. The molecule has 2 heterocycles. The monoisotopic (exact) mass is 565 g/mol. The summed E-state index contributed by atoms with van der Waals surface area (Å²) in [6, 6.07) is 11.2. The lowest BCUT2D eigenvalue weighted by Crippen LogP contribution is -2.45. The van der Waals surface area contributed by atoms with Crippen molar-refractivity contribution in [2.75, 3.05) is 46.9 Å². The number of amides is 1. The Morgan fingerprint density at radius 3 is 2.11 bits per heavy atom. The molecule has 1 atom stereocenters. The van der Waals surface area contributed by atoms with E-state index in [0.717, 1.165) is 18.4 Å². The van der Waals surface area contributed by atoms with Crippen LogP contribution >= 0.6 is 0 Å². The van der Waals surface area contributed by atoms with E-state index in [4.69, 9.17) is 9.47 Å². The average Bonchev–Trinajstić information content (AvgIpc) is 3.49. The molecule has 1 amide bonds. The molecule has 0 aromatic heterocycles. The molecule has 0 aliphatic carbocycles. The van der Waals surface area contributed by atoms with Gasteiger partial charge >= 0.3 is 0 Å². The maximum Gasteiger partial charge on any atom is 0.243 e. The molecule has 2 fully saturated rings. The van der Waals surface area contributed by atoms with Gasteiger partial charge in [-0.1, -0.05) is 12.1 Å². The number of sulfonamides is 2. The van der Waals surface area contributed by atoms with Crippen LogP contribution in [0.15, 0.2) is 52.3 Å². The third-order valence-electron chi connectivity index (χ3n) is 7.09. The first kappa shape index (κ1) is 28.3. The standard InChI is InChI=1S/C26H35N3O7S2/c1-35-24-12-11-23(18-25(24)36-2)38(33,34)29-17-5-6-21(19-29)26(30)27-14-13-20-7-9-22(10-8-20)37(31,32)28-15-3-4-16-28/h7-12,18,21H,3-6,13-17,19H2,1-2H3,(H,27,30)/t21-/m1/s1. The van der Waals surface area contributed by atoms with E-state index in [9.17, 15) is 21.6 Å². The number of nitrogens with zero attached hydrogens (tertiary/aromatic N) is 2. The molecule has 0 saturated carbocycles. The highest BCUT2D eigenvalue weighted by molar-refractivity contribution is 7.89. The summed E-state index contributed by atoms with van der Waals surface area (Å²) in [6.07, 6.45) is 3.50. The number of ether oxygens (including phenoxy) is 2. The van der Waals surface area contributed by atoms with E-state index in [0.29, 0.717) is 56.9 Å². The van der Waals surface area contributed by atoms with Gasteiger partial charge in [0.15, 0.2) is 11.5 Å². The van der Waals surface area contributed by atoms with Gasteiger partial charge in [0.1, 0.15) is 0 Å². The highest BCUT2D eigenvalue weighted by Crippen LogP contribution is 2.32. The Morgan fingerprint density at radius 1 is 0.842 bits per heavy atom. The Balaban J connectivity index is 1.32. The second-order valence-electron chi connectivity index (χ2n) is 9.52. The first-order chi connectivity index (χ1) is 18.2. The predicted molar refractivity (Wildman–Crippen MR) is 142 cm³/mol. The van der Waals surface area contributed by atoms with Crippen LogP contribution in [0.5, 0.6) is 11.5 Å². The number of benzene rings is 2. The van der Waals surface area contributed by atoms with Crippen molar-refractivity contribution in [3.63, 3.8) is 0 Å². The molecule has 2 saturated heterocycles. The summed E-state index contributed by atoms with van der Waals surface area (Å²) in [5, 5.41) is 2.91. The zero-order valence-corrected chi connectivity index (χ0v) is 23.4. The molecule has 208 valence electrons. The quantitative estimate of drug-likeness (QED) is 0.469. The molecule has 2 aliphatic heterocycles. The second kappa shape index (κ2) is 12.0. The molecule has 0 radical (unpaired) electrons. The van der Waals surface area contributed by atoms with Crippen molar-refractivity contribution in [1.82, 2.24) is 13.9 Å². The van der Waals surface area contributed by atoms with Crippen molar-refractivity contribution in [2.24, 2.45) is 5.92 Å². The van der Waals surface area contributed by atoms with Crippen LogP contribution in [-0.2, 0) is 31.3 Å². The van der Waals surface area contributed by atoms with E-state index < -0.39 is 26.0 Å². The van der Waals surface area contributed by atoms with Crippen LogP contribution in [0.4, 0.5) is 0 Å². The second-order valence-corrected chi connectivity index (χ2v) is 13.4. The largest absolute Gasteiger partial charge is 0.493 e. The van der Waals surface area contributed by atoms with E-state index in [1.165, 1.54) is 35.0 Å². The first-order valence-electron chi connectivity index (χ1n) is 12.8. The Hall–Kier alpha value is -2.67. The third kappa shape index (κ3) is 6.14. The van der Waals surface area contributed by atoms with Gasteiger partial charge < -0.3 is 14.8 Å². The first-order valence-corrected chi connectivity index (χ1v) is 15.6. The fourth-order valence-corrected chi connectivity index (χ4v) is 7.94. The minimum absolute atomic E-state index is 0.0893. The summed E-state index contributed by atoms with van der Waals surface area (Å²) in [4.78, 5) is 13.2.